The van der Waals surface area contributed by atoms with Crippen molar-refractivity contribution < 1.29 is 33.3 Å². The number of nitrogens with two attached hydrogens (primary N) is 1. The molecule has 2 heterocycles. The minimum Gasteiger partial charge on any atom is -0.497 e. The summed E-state index contributed by atoms with van der Waals surface area (Å²) in [7, 11) is 2.58. The van der Waals surface area contributed by atoms with Crippen LogP contribution in [-0.4, -0.2) is 63.5 Å². The molecule has 4 rings (SSSR count). The largest absolute Gasteiger partial charge is 0.497 e. The molecule has 0 fully saturated rings. The number of aromatic amines is 1. The van der Waals surface area contributed by atoms with Crippen LogP contribution < -0.4 is 26.2 Å². The van der Waals surface area contributed by atoms with E-state index in [0.29, 0.717) is 11.3 Å². The predicted molar refractivity (Wildman–Crippen MR) is 149 cm³/mol. The quantitative estimate of drug-likeness (QED) is 0.104. The lowest BCUT2D eigenvalue weighted by atomic mass is 10.0. The number of hydrogen-bond acceptors (Lipinski definition) is 10. The van der Waals surface area contributed by atoms with Gasteiger partial charge >= 0.3 is 11.7 Å². The van der Waals surface area contributed by atoms with Crippen LogP contribution in [-0.2, 0) is 14.3 Å². The average molecular weight is 582 g/mol. The van der Waals surface area contributed by atoms with Crippen LogP contribution in [0.15, 0.2) is 65.6 Å². The Kier molecular flexibility index (Phi) is 10.3. The van der Waals surface area contributed by atoms with Crippen molar-refractivity contribution in [3.05, 3.63) is 94.0 Å². The fourth-order valence-corrected chi connectivity index (χ4v) is 3.53. The molecule has 15 heteroatoms. The van der Waals surface area contributed by atoms with Crippen molar-refractivity contribution in [3.63, 3.8) is 0 Å². The molecule has 0 bridgehead atoms. The van der Waals surface area contributed by atoms with Crippen molar-refractivity contribution in [2.24, 2.45) is 5.73 Å². The second kappa shape index (κ2) is 14.1. The van der Waals surface area contributed by atoms with E-state index in [4.69, 9.17) is 30.5 Å². The van der Waals surface area contributed by atoms with Crippen LogP contribution in [0.25, 0.3) is 5.82 Å². The molecule has 1 atom stereocenters. The lowest BCUT2D eigenvalue weighted by Gasteiger charge is -2.21. The van der Waals surface area contributed by atoms with Gasteiger partial charge in [-0.05, 0) is 42.5 Å². The highest BCUT2D eigenvalue weighted by atomic mass is 19.1. The van der Waals surface area contributed by atoms with E-state index in [9.17, 15) is 9.59 Å². The first-order valence-electron chi connectivity index (χ1n) is 12.1. The van der Waals surface area contributed by atoms with Gasteiger partial charge in [0.1, 0.15) is 17.6 Å². The van der Waals surface area contributed by atoms with Gasteiger partial charge in [-0.1, -0.05) is 6.07 Å². The van der Waals surface area contributed by atoms with Crippen LogP contribution in [0.5, 0.6) is 11.5 Å². The zero-order valence-electron chi connectivity index (χ0n) is 22.8. The summed E-state index contributed by atoms with van der Waals surface area (Å²) in [5.41, 5.74) is 5.95. The van der Waals surface area contributed by atoms with E-state index in [0.717, 1.165) is 11.6 Å². The summed E-state index contributed by atoms with van der Waals surface area (Å²) in [5.74, 6) is -2.19. The number of halogens is 1. The third kappa shape index (κ3) is 7.91. The van der Waals surface area contributed by atoms with Crippen LogP contribution in [0.3, 0.4) is 0 Å². The molecule has 2 aromatic heterocycles. The number of hydrogen-bond donors (Lipinski definition) is 5. The topological polar surface area (TPSA) is 208 Å². The number of carbonyl (C=O) groups excluding carboxylic acids is 1. The van der Waals surface area contributed by atoms with E-state index >= 15 is 4.39 Å². The molecule has 0 aliphatic rings. The first kappa shape index (κ1) is 30.8. The molecule has 220 valence electrons. The maximum absolute atomic E-state index is 15.8. The average Bonchev–Trinajstić information content (AvgIpc) is 3.36. The number of nitrogens with one attached hydrogen (secondary N) is 3. The summed E-state index contributed by atoms with van der Waals surface area (Å²) < 4.78 is 32.1. The fraction of sp³-hybridized carbons (Fsp3) is 0.185. The number of carboxylic acid groups (broad SMARTS) is 1. The summed E-state index contributed by atoms with van der Waals surface area (Å²) in [6.45, 7) is 0.551. The Hall–Kier alpha value is -5.73. The second-order valence-electron chi connectivity index (χ2n) is 8.40. The van der Waals surface area contributed by atoms with Crippen molar-refractivity contribution in [2.45, 2.75) is 13.0 Å². The minimum atomic E-state index is -1.06. The zero-order chi connectivity index (χ0) is 30.8. The Balaban J connectivity index is 0.00000114. The number of H-pyrrole nitrogens is 1. The van der Waals surface area contributed by atoms with Crippen LogP contribution >= 0.6 is 0 Å². The summed E-state index contributed by atoms with van der Waals surface area (Å²) in [6.07, 6.45) is 1.51. The third-order valence-electron chi connectivity index (χ3n) is 5.44. The van der Waals surface area contributed by atoms with Crippen LogP contribution in [0, 0.1) is 11.2 Å². The number of rotatable bonds is 10. The number of esters is 1. The van der Waals surface area contributed by atoms with E-state index in [-0.39, 0.29) is 34.5 Å². The Morgan fingerprint density at radius 1 is 1.19 bits per heavy atom. The van der Waals surface area contributed by atoms with Gasteiger partial charge in [0.15, 0.2) is 29.8 Å². The van der Waals surface area contributed by atoms with Gasteiger partial charge in [-0.3, -0.25) is 15.2 Å². The smallest absolute Gasteiger partial charge is 0.349 e. The standard InChI is InChI=1S/C25H24FN7O5.C2H4O2/c1-36-16-11-17(21(26)18(12-16)38-13-20(34)37-2)22(30-15-8-6-14(7-9-15)23(27)28)24-31-25(35)33(32-24)19-5-3-4-10-29-19;1-2(3)4/h3-12,22,30H,13H2,1-2H3,(H3,27,28)(H,31,32,35);1H3,(H,3,4)/t22-;/m0./s1. The van der Waals surface area contributed by atoms with Gasteiger partial charge in [0.2, 0.25) is 0 Å². The number of carboxylic acids is 1. The highest BCUT2D eigenvalue weighted by Crippen LogP contribution is 2.35. The van der Waals surface area contributed by atoms with Crippen molar-refractivity contribution in [1.82, 2.24) is 19.7 Å². The monoisotopic (exact) mass is 581 g/mol. The number of aromatic nitrogens is 4. The molecule has 0 radical (unpaired) electrons. The Bertz CT molecular complexity index is 1600. The highest BCUT2D eigenvalue weighted by molar-refractivity contribution is 5.95. The van der Waals surface area contributed by atoms with Crippen molar-refractivity contribution in [1.29, 1.82) is 5.41 Å². The Morgan fingerprint density at radius 2 is 1.88 bits per heavy atom. The molecule has 0 unspecified atom stereocenters. The molecule has 14 nitrogen and oxygen atoms in total. The Morgan fingerprint density at radius 3 is 2.45 bits per heavy atom. The molecule has 4 aromatic rings. The van der Waals surface area contributed by atoms with Gasteiger partial charge < -0.3 is 30.4 Å². The van der Waals surface area contributed by atoms with E-state index in [1.807, 2.05) is 0 Å². The minimum absolute atomic E-state index is 0.00165. The van der Waals surface area contributed by atoms with Crippen LogP contribution in [0.1, 0.15) is 29.9 Å². The number of anilines is 1. The van der Waals surface area contributed by atoms with Gasteiger partial charge in [-0.25, -0.2) is 19.0 Å². The van der Waals surface area contributed by atoms with Gasteiger partial charge in [-0.2, -0.15) is 4.68 Å². The van der Waals surface area contributed by atoms with Gasteiger partial charge in [-0.15, -0.1) is 5.10 Å². The van der Waals surface area contributed by atoms with E-state index in [1.165, 1.54) is 32.5 Å². The number of aliphatic carboxylic acids is 1. The normalized spacial score (nSPS) is 11.0. The lowest BCUT2D eigenvalue weighted by molar-refractivity contribution is -0.143. The van der Waals surface area contributed by atoms with Gasteiger partial charge in [0.05, 0.1) is 14.2 Å². The molecular weight excluding hydrogens is 553 g/mol. The molecule has 0 amide bonds. The van der Waals surface area contributed by atoms with E-state index < -0.39 is 36.1 Å². The highest BCUT2D eigenvalue weighted by Gasteiger charge is 2.27. The van der Waals surface area contributed by atoms with Crippen molar-refractivity contribution >= 4 is 23.5 Å². The number of nitrogen functional groups attached to an aromatic ring is 1. The maximum Gasteiger partial charge on any atom is 0.349 e. The molecule has 0 aliphatic heterocycles. The van der Waals surface area contributed by atoms with E-state index in [2.05, 4.69) is 25.1 Å². The summed E-state index contributed by atoms with van der Waals surface area (Å²) in [6, 6.07) is 13.1. The van der Waals surface area contributed by atoms with Crippen LogP contribution in [0.2, 0.25) is 0 Å². The first-order valence-corrected chi connectivity index (χ1v) is 12.1. The van der Waals surface area contributed by atoms with Gasteiger partial charge in [0, 0.05) is 36.0 Å². The number of benzene rings is 2. The molecule has 0 saturated heterocycles. The second-order valence-corrected chi connectivity index (χ2v) is 8.40. The summed E-state index contributed by atoms with van der Waals surface area (Å²) in [4.78, 5) is 40.2. The molecule has 2 aromatic carbocycles. The zero-order valence-corrected chi connectivity index (χ0v) is 22.8. The van der Waals surface area contributed by atoms with Gasteiger partial charge in [0.25, 0.3) is 5.97 Å². The molecule has 0 aliphatic carbocycles. The first-order chi connectivity index (χ1) is 20.0. The van der Waals surface area contributed by atoms with E-state index in [1.54, 1.807) is 42.5 Å². The van der Waals surface area contributed by atoms with Crippen LogP contribution in [0.4, 0.5) is 10.1 Å². The number of amidine groups is 1. The predicted octanol–water partition coefficient (Wildman–Crippen LogP) is 2.23. The SMILES string of the molecule is CC(=O)O.COC(=O)COc1cc(OC)cc([C@H](Nc2ccc(C(=N)N)cc2)c2nn(-c3ccccn3)c(=O)[nH]2)c1F. The lowest BCUT2D eigenvalue weighted by Crippen LogP contribution is -2.18. The number of nitrogens with zero attached hydrogens (tertiary/aromatic N) is 3. The number of carbonyl (C=O) groups is 2. The molecule has 6 N–H and O–H groups in total. The fourth-order valence-electron chi connectivity index (χ4n) is 3.53. The number of methoxy groups -OCH3 is 2. The van der Waals surface area contributed by atoms with Crippen molar-refractivity contribution in [2.75, 3.05) is 26.1 Å². The molecule has 0 spiro atoms. The summed E-state index contributed by atoms with van der Waals surface area (Å²) >= 11 is 0. The van der Waals surface area contributed by atoms with Crippen molar-refractivity contribution in [3.8, 4) is 17.3 Å². The molecule has 42 heavy (non-hydrogen) atoms. The third-order valence-corrected chi connectivity index (χ3v) is 5.44. The summed E-state index contributed by atoms with van der Waals surface area (Å²) in [5, 5.41) is 22.5. The number of pyridine rings is 1. The molecular formula is C27H28FN7O7. The number of ether oxygens (including phenoxy) is 3. The molecule has 0 saturated carbocycles. The Labute approximate surface area is 238 Å². The maximum atomic E-state index is 15.8.